The van der Waals surface area contributed by atoms with Crippen molar-refractivity contribution in [3.8, 4) is 0 Å². The van der Waals surface area contributed by atoms with Gasteiger partial charge in [-0.05, 0) is 25.7 Å². The molecule has 0 aliphatic heterocycles. The van der Waals surface area contributed by atoms with Crippen LogP contribution in [0.3, 0.4) is 0 Å². The van der Waals surface area contributed by atoms with Crippen molar-refractivity contribution in [2.75, 3.05) is 6.61 Å². The monoisotopic (exact) mass is 154 g/mol. The number of rotatable bonds is 2. The summed E-state index contributed by atoms with van der Waals surface area (Å²) >= 11 is 0. The lowest BCUT2D eigenvalue weighted by atomic mass is 9.81. The lowest BCUT2D eigenvalue weighted by Gasteiger charge is -2.25. The van der Waals surface area contributed by atoms with Crippen molar-refractivity contribution in [3.05, 3.63) is 11.6 Å². The molecule has 1 rings (SSSR count). The molecule has 0 radical (unpaired) electrons. The summed E-state index contributed by atoms with van der Waals surface area (Å²) in [4.78, 5) is 10.9. The van der Waals surface area contributed by atoms with Gasteiger partial charge in [0.1, 0.15) is 0 Å². The van der Waals surface area contributed by atoms with E-state index >= 15 is 0 Å². The summed E-state index contributed by atoms with van der Waals surface area (Å²) in [5, 5.41) is 0. The molecule has 1 atom stereocenters. The molecule has 0 aromatic rings. The highest BCUT2D eigenvalue weighted by Crippen LogP contribution is 2.32. The zero-order valence-electron chi connectivity index (χ0n) is 7.09. The van der Waals surface area contributed by atoms with E-state index in [0.717, 1.165) is 6.42 Å². The second-order valence-electron chi connectivity index (χ2n) is 2.91. The third-order valence-corrected chi connectivity index (χ3v) is 2.09. The van der Waals surface area contributed by atoms with Crippen LogP contribution in [0.5, 0.6) is 0 Å². The number of hydrogen-bond acceptors (Lipinski definition) is 2. The molecular formula is C9H14O2. The first-order valence-electron chi connectivity index (χ1n) is 4.11. The van der Waals surface area contributed by atoms with Crippen molar-refractivity contribution in [2.45, 2.75) is 26.7 Å². The zero-order valence-corrected chi connectivity index (χ0v) is 7.09. The van der Waals surface area contributed by atoms with Gasteiger partial charge in [-0.15, -0.1) is 0 Å². The zero-order chi connectivity index (χ0) is 8.27. The molecule has 2 heteroatoms. The molecule has 0 spiro atoms. The summed E-state index contributed by atoms with van der Waals surface area (Å²) in [5.74, 6) is 0.411. The number of carbonyl (C=O) groups is 1. The first-order valence-corrected chi connectivity index (χ1v) is 4.11. The normalized spacial score (nSPS) is 26.4. The lowest BCUT2D eigenvalue weighted by molar-refractivity contribution is -0.137. The van der Waals surface area contributed by atoms with Crippen LogP contribution < -0.4 is 0 Å². The van der Waals surface area contributed by atoms with E-state index in [1.807, 2.05) is 6.92 Å². The maximum absolute atomic E-state index is 10.9. The van der Waals surface area contributed by atoms with E-state index in [1.54, 1.807) is 6.08 Å². The van der Waals surface area contributed by atoms with Gasteiger partial charge >= 0.3 is 5.97 Å². The first kappa shape index (κ1) is 8.31. The largest absolute Gasteiger partial charge is 0.463 e. The fraction of sp³-hybridized carbons (Fsp3) is 0.667. The van der Waals surface area contributed by atoms with Crippen LogP contribution in [0, 0.1) is 5.92 Å². The SMILES string of the molecule is CCOC(=O)/C=C1/CCC1C. The molecule has 0 heterocycles. The van der Waals surface area contributed by atoms with Gasteiger partial charge in [-0.2, -0.15) is 0 Å². The van der Waals surface area contributed by atoms with Crippen LogP contribution in [-0.2, 0) is 9.53 Å². The minimum absolute atomic E-state index is 0.186. The van der Waals surface area contributed by atoms with Gasteiger partial charge in [0.05, 0.1) is 6.61 Å². The van der Waals surface area contributed by atoms with Crippen LogP contribution in [-0.4, -0.2) is 12.6 Å². The summed E-state index contributed by atoms with van der Waals surface area (Å²) in [6, 6.07) is 0. The van der Waals surface area contributed by atoms with Crippen molar-refractivity contribution in [1.29, 1.82) is 0 Å². The second kappa shape index (κ2) is 3.56. The van der Waals surface area contributed by atoms with Gasteiger partial charge < -0.3 is 4.74 Å². The van der Waals surface area contributed by atoms with E-state index in [2.05, 4.69) is 6.92 Å². The quantitative estimate of drug-likeness (QED) is 0.448. The molecule has 0 N–H and O–H groups in total. The predicted molar refractivity (Wildman–Crippen MR) is 43.1 cm³/mol. The van der Waals surface area contributed by atoms with Crippen molar-refractivity contribution in [1.82, 2.24) is 0 Å². The van der Waals surface area contributed by atoms with E-state index < -0.39 is 0 Å². The topological polar surface area (TPSA) is 26.3 Å². The van der Waals surface area contributed by atoms with Gasteiger partial charge in [0.2, 0.25) is 0 Å². The molecule has 1 aliphatic carbocycles. The fourth-order valence-corrected chi connectivity index (χ4v) is 1.15. The smallest absolute Gasteiger partial charge is 0.330 e. The summed E-state index contributed by atoms with van der Waals surface area (Å²) in [5.41, 5.74) is 1.24. The first-order chi connectivity index (χ1) is 5.24. The molecule has 0 aromatic heterocycles. The van der Waals surface area contributed by atoms with Gasteiger partial charge in [-0.3, -0.25) is 0 Å². The van der Waals surface area contributed by atoms with Crippen LogP contribution in [0.25, 0.3) is 0 Å². The minimum Gasteiger partial charge on any atom is -0.463 e. The highest BCUT2D eigenvalue weighted by Gasteiger charge is 2.19. The second-order valence-corrected chi connectivity index (χ2v) is 2.91. The van der Waals surface area contributed by atoms with Crippen LogP contribution >= 0.6 is 0 Å². The lowest BCUT2D eigenvalue weighted by Crippen LogP contribution is -2.14. The van der Waals surface area contributed by atoms with Crippen LogP contribution in [0.1, 0.15) is 26.7 Å². The van der Waals surface area contributed by atoms with Gasteiger partial charge in [0.15, 0.2) is 0 Å². The Morgan fingerprint density at radius 1 is 1.82 bits per heavy atom. The number of allylic oxidation sites excluding steroid dienone is 1. The third-order valence-electron chi connectivity index (χ3n) is 2.09. The average molecular weight is 154 g/mol. The highest BCUT2D eigenvalue weighted by atomic mass is 16.5. The van der Waals surface area contributed by atoms with E-state index in [1.165, 1.54) is 12.0 Å². The number of carbonyl (C=O) groups excluding carboxylic acids is 1. The average Bonchev–Trinajstić information content (AvgIpc) is 1.98. The number of hydrogen-bond donors (Lipinski definition) is 0. The molecular weight excluding hydrogens is 140 g/mol. The Morgan fingerprint density at radius 3 is 2.91 bits per heavy atom. The van der Waals surface area contributed by atoms with E-state index in [-0.39, 0.29) is 5.97 Å². The molecule has 0 aromatic carbocycles. The van der Waals surface area contributed by atoms with E-state index in [9.17, 15) is 4.79 Å². The molecule has 11 heavy (non-hydrogen) atoms. The van der Waals surface area contributed by atoms with E-state index in [0.29, 0.717) is 12.5 Å². The Labute approximate surface area is 67.2 Å². The van der Waals surface area contributed by atoms with Crippen molar-refractivity contribution in [3.63, 3.8) is 0 Å². The molecule has 1 aliphatic rings. The standard InChI is InChI=1S/C9H14O2/c1-3-11-9(10)6-8-5-4-7(8)2/h6-7H,3-5H2,1-2H3/b8-6-. The molecule has 0 bridgehead atoms. The molecule has 1 fully saturated rings. The Hall–Kier alpha value is -0.790. The van der Waals surface area contributed by atoms with Crippen molar-refractivity contribution in [2.24, 2.45) is 5.92 Å². The molecule has 0 saturated heterocycles. The maximum Gasteiger partial charge on any atom is 0.330 e. The van der Waals surface area contributed by atoms with Crippen LogP contribution in [0.2, 0.25) is 0 Å². The Bertz CT molecular complexity index is 182. The molecule has 1 unspecified atom stereocenters. The molecule has 2 nitrogen and oxygen atoms in total. The summed E-state index contributed by atoms with van der Waals surface area (Å²) in [7, 11) is 0. The van der Waals surface area contributed by atoms with Crippen molar-refractivity contribution >= 4 is 5.97 Å². The van der Waals surface area contributed by atoms with Gasteiger partial charge in [0, 0.05) is 6.08 Å². The molecule has 62 valence electrons. The maximum atomic E-state index is 10.9. The minimum atomic E-state index is -0.186. The fourth-order valence-electron chi connectivity index (χ4n) is 1.15. The number of esters is 1. The highest BCUT2D eigenvalue weighted by molar-refractivity contribution is 5.83. The van der Waals surface area contributed by atoms with Gasteiger partial charge in [0.25, 0.3) is 0 Å². The summed E-state index contributed by atoms with van der Waals surface area (Å²) in [6.45, 7) is 4.42. The van der Waals surface area contributed by atoms with Gasteiger partial charge in [-0.1, -0.05) is 12.5 Å². The molecule has 1 saturated carbocycles. The Morgan fingerprint density at radius 2 is 2.55 bits per heavy atom. The van der Waals surface area contributed by atoms with Gasteiger partial charge in [-0.25, -0.2) is 4.79 Å². The molecule has 0 amide bonds. The van der Waals surface area contributed by atoms with E-state index in [4.69, 9.17) is 4.74 Å². The third kappa shape index (κ3) is 2.07. The number of ether oxygens (including phenoxy) is 1. The van der Waals surface area contributed by atoms with Crippen LogP contribution in [0.15, 0.2) is 11.6 Å². The summed E-state index contributed by atoms with van der Waals surface area (Å²) < 4.78 is 4.78. The predicted octanol–water partition coefficient (Wildman–Crippen LogP) is 1.91. The van der Waals surface area contributed by atoms with Crippen LogP contribution in [0.4, 0.5) is 0 Å². The summed E-state index contributed by atoms with van der Waals surface area (Å²) in [6.07, 6.45) is 3.92. The van der Waals surface area contributed by atoms with Crippen molar-refractivity contribution < 1.29 is 9.53 Å². The Kier molecular flexibility index (Phi) is 2.69. The Balaban J connectivity index is 2.38.